The van der Waals surface area contributed by atoms with Crippen molar-refractivity contribution in [2.45, 2.75) is 5.92 Å². The van der Waals surface area contributed by atoms with Gasteiger partial charge in [-0.2, -0.15) is 5.26 Å². The lowest BCUT2D eigenvalue weighted by Gasteiger charge is -2.36. The number of hydrogen-bond donors (Lipinski definition) is 2. The van der Waals surface area contributed by atoms with Crippen LogP contribution in [-0.4, -0.2) is 51.3 Å². The molecule has 0 aromatic heterocycles. The van der Waals surface area contributed by atoms with Crippen LogP contribution in [-0.2, 0) is 19.1 Å². The summed E-state index contributed by atoms with van der Waals surface area (Å²) < 4.78 is 9.96. The lowest BCUT2D eigenvalue weighted by Crippen LogP contribution is -2.40. The minimum Gasteiger partial charge on any atom is -0.478 e. The summed E-state index contributed by atoms with van der Waals surface area (Å²) in [5, 5.41) is 19.8. The molecule has 0 amide bonds. The van der Waals surface area contributed by atoms with Gasteiger partial charge in [0.25, 0.3) is 0 Å². The molecule has 35 heavy (non-hydrogen) atoms. The van der Waals surface area contributed by atoms with Crippen LogP contribution >= 0.6 is 0 Å². The molecule has 3 N–H and O–H groups in total. The van der Waals surface area contributed by atoms with Gasteiger partial charge in [0, 0.05) is 19.8 Å². The molecule has 1 aliphatic rings. The van der Waals surface area contributed by atoms with Crippen molar-refractivity contribution in [3.05, 3.63) is 82.3 Å². The molecular formula is C25H24N4O6. The van der Waals surface area contributed by atoms with Crippen molar-refractivity contribution < 1.29 is 29.0 Å². The van der Waals surface area contributed by atoms with E-state index in [4.69, 9.17) is 15.2 Å². The number of nitriles is 1. The minimum atomic E-state index is -1.21. The summed E-state index contributed by atoms with van der Waals surface area (Å²) >= 11 is 0. The molecule has 2 aromatic rings. The zero-order valence-corrected chi connectivity index (χ0v) is 19.6. The maximum Gasteiger partial charge on any atom is 0.355 e. The third kappa shape index (κ3) is 4.39. The van der Waals surface area contributed by atoms with E-state index >= 15 is 0 Å². The van der Waals surface area contributed by atoms with Gasteiger partial charge in [-0.1, -0.05) is 30.3 Å². The number of nitrogens with zero attached hydrogens (tertiary/aromatic N) is 3. The predicted octanol–water partition coefficient (Wildman–Crippen LogP) is 2.35. The van der Waals surface area contributed by atoms with Gasteiger partial charge in [0.15, 0.2) is 0 Å². The molecule has 0 aliphatic carbocycles. The lowest BCUT2D eigenvalue weighted by molar-refractivity contribution is -0.139. The first-order valence-electron chi connectivity index (χ1n) is 10.4. The number of rotatable bonds is 6. The average molecular weight is 476 g/mol. The molecule has 0 radical (unpaired) electrons. The largest absolute Gasteiger partial charge is 0.478 e. The van der Waals surface area contributed by atoms with Crippen LogP contribution in [0.2, 0.25) is 0 Å². The van der Waals surface area contributed by atoms with Gasteiger partial charge in [0.2, 0.25) is 0 Å². The zero-order valence-electron chi connectivity index (χ0n) is 19.6. The van der Waals surface area contributed by atoms with Crippen molar-refractivity contribution >= 4 is 29.3 Å². The monoisotopic (exact) mass is 476 g/mol. The Morgan fingerprint density at radius 1 is 1.06 bits per heavy atom. The number of nitrogens with two attached hydrogens (primary N) is 1. The molecule has 3 rings (SSSR count). The summed E-state index contributed by atoms with van der Waals surface area (Å²) in [4.78, 5) is 40.9. The smallest absolute Gasteiger partial charge is 0.355 e. The van der Waals surface area contributed by atoms with Gasteiger partial charge in [0.05, 0.1) is 48.6 Å². The molecule has 10 nitrogen and oxygen atoms in total. The number of allylic oxidation sites excluding steroid dienone is 1. The van der Waals surface area contributed by atoms with E-state index in [-0.39, 0.29) is 33.9 Å². The molecule has 1 unspecified atom stereocenters. The quantitative estimate of drug-likeness (QED) is 0.596. The number of benzene rings is 2. The number of methoxy groups -OCH3 is 2. The highest BCUT2D eigenvalue weighted by molar-refractivity contribution is 6.07. The van der Waals surface area contributed by atoms with E-state index < -0.39 is 23.8 Å². The molecule has 0 bridgehead atoms. The second kappa shape index (κ2) is 10.0. The normalized spacial score (nSPS) is 15.4. The van der Waals surface area contributed by atoms with Gasteiger partial charge in [-0.15, -0.1) is 0 Å². The van der Waals surface area contributed by atoms with Crippen LogP contribution in [0, 0.1) is 11.3 Å². The molecule has 1 atom stereocenters. The molecule has 0 fully saturated rings. The number of esters is 2. The van der Waals surface area contributed by atoms with Crippen molar-refractivity contribution in [2.75, 3.05) is 38.1 Å². The number of ether oxygens (including phenoxy) is 2. The standard InChI is InChI=1S/C25H24N4O6/c1-28(2)18-11-10-15(12-16(18)23(30)31)29-21(25(33)35-4)20(24(32)34-3)19(17(13-26)22(29)27)14-8-6-5-7-9-14/h5-12,19H,27H2,1-4H3,(H,30,31). The molecule has 0 spiro atoms. The van der Waals surface area contributed by atoms with E-state index in [0.717, 1.165) is 19.1 Å². The third-order valence-electron chi connectivity index (χ3n) is 5.56. The molecular weight excluding hydrogens is 452 g/mol. The maximum atomic E-state index is 13.1. The molecule has 180 valence electrons. The second-order valence-corrected chi connectivity index (χ2v) is 7.74. The van der Waals surface area contributed by atoms with Crippen LogP contribution in [0.25, 0.3) is 0 Å². The van der Waals surface area contributed by atoms with Crippen LogP contribution in [0.4, 0.5) is 11.4 Å². The molecule has 2 aromatic carbocycles. The number of carboxylic acids is 1. The molecule has 0 saturated carbocycles. The number of carboxylic acid groups (broad SMARTS) is 1. The van der Waals surface area contributed by atoms with Gasteiger partial charge in [-0.25, -0.2) is 14.4 Å². The number of anilines is 2. The van der Waals surface area contributed by atoms with Crippen LogP contribution < -0.4 is 15.5 Å². The first-order valence-corrected chi connectivity index (χ1v) is 10.4. The topological polar surface area (TPSA) is 146 Å². The van der Waals surface area contributed by atoms with Gasteiger partial charge < -0.3 is 25.2 Å². The zero-order chi connectivity index (χ0) is 25.9. The summed E-state index contributed by atoms with van der Waals surface area (Å²) in [6, 6.07) is 15.0. The van der Waals surface area contributed by atoms with E-state index in [1.54, 1.807) is 49.3 Å². The van der Waals surface area contributed by atoms with Crippen LogP contribution in [0.5, 0.6) is 0 Å². The molecule has 10 heteroatoms. The Labute approximate surface area is 202 Å². The number of hydrogen-bond acceptors (Lipinski definition) is 9. The van der Waals surface area contributed by atoms with Crippen molar-refractivity contribution in [3.8, 4) is 6.07 Å². The summed E-state index contributed by atoms with van der Waals surface area (Å²) in [6.45, 7) is 0. The molecule has 1 aliphatic heterocycles. The average Bonchev–Trinajstić information content (AvgIpc) is 2.86. The first-order chi connectivity index (χ1) is 16.7. The fraction of sp³-hybridized carbons (Fsp3) is 0.200. The van der Waals surface area contributed by atoms with E-state index in [2.05, 4.69) is 0 Å². The fourth-order valence-electron chi connectivity index (χ4n) is 4.01. The Bertz CT molecular complexity index is 1290. The SMILES string of the molecule is COC(=O)C1=C(C(=O)OC)N(c2ccc(N(C)C)c(C(=O)O)c2)C(N)=C(C#N)C1c1ccccc1. The Balaban J connectivity index is 2.43. The van der Waals surface area contributed by atoms with Crippen LogP contribution in [0.3, 0.4) is 0 Å². The molecule has 0 saturated heterocycles. The first kappa shape index (κ1) is 24.9. The number of carbonyl (C=O) groups is 3. The van der Waals surface area contributed by atoms with E-state index in [0.29, 0.717) is 11.3 Å². The maximum absolute atomic E-state index is 13.1. The molecule has 1 heterocycles. The van der Waals surface area contributed by atoms with Gasteiger partial charge >= 0.3 is 17.9 Å². The predicted molar refractivity (Wildman–Crippen MR) is 127 cm³/mol. The Kier molecular flexibility index (Phi) is 7.11. The van der Waals surface area contributed by atoms with Crippen molar-refractivity contribution in [2.24, 2.45) is 5.73 Å². The summed E-state index contributed by atoms with van der Waals surface area (Å²) in [6.07, 6.45) is 0. The fourth-order valence-corrected chi connectivity index (χ4v) is 4.01. The van der Waals surface area contributed by atoms with Gasteiger partial charge in [-0.05, 0) is 23.8 Å². The highest BCUT2D eigenvalue weighted by Gasteiger charge is 2.43. The summed E-state index contributed by atoms with van der Waals surface area (Å²) in [7, 11) is 5.66. The summed E-state index contributed by atoms with van der Waals surface area (Å²) in [5.41, 5.74) is 6.98. The van der Waals surface area contributed by atoms with Gasteiger partial charge in [-0.3, -0.25) is 4.90 Å². The van der Waals surface area contributed by atoms with Crippen molar-refractivity contribution in [1.82, 2.24) is 0 Å². The Morgan fingerprint density at radius 2 is 1.69 bits per heavy atom. The van der Waals surface area contributed by atoms with Crippen molar-refractivity contribution in [1.29, 1.82) is 5.26 Å². The van der Waals surface area contributed by atoms with E-state index in [9.17, 15) is 24.8 Å². The van der Waals surface area contributed by atoms with E-state index in [1.165, 1.54) is 18.2 Å². The van der Waals surface area contributed by atoms with Crippen molar-refractivity contribution in [3.63, 3.8) is 0 Å². The van der Waals surface area contributed by atoms with Gasteiger partial charge in [0.1, 0.15) is 11.5 Å². The van der Waals surface area contributed by atoms with Crippen LogP contribution in [0.1, 0.15) is 21.8 Å². The highest BCUT2D eigenvalue weighted by Crippen LogP contribution is 2.43. The van der Waals surface area contributed by atoms with Crippen LogP contribution in [0.15, 0.2) is 71.2 Å². The third-order valence-corrected chi connectivity index (χ3v) is 5.56. The Morgan fingerprint density at radius 3 is 2.20 bits per heavy atom. The van der Waals surface area contributed by atoms with E-state index in [1.807, 2.05) is 6.07 Å². The number of aromatic carboxylic acids is 1. The Hall–Kier alpha value is -4.78. The number of carbonyl (C=O) groups excluding carboxylic acids is 2. The minimum absolute atomic E-state index is 0.0159. The second-order valence-electron chi connectivity index (χ2n) is 7.74. The highest BCUT2D eigenvalue weighted by atomic mass is 16.5. The lowest BCUT2D eigenvalue weighted by atomic mass is 9.81. The summed E-state index contributed by atoms with van der Waals surface area (Å²) in [5.74, 6) is -4.16.